The normalized spacial score (nSPS) is 17.1. The molecule has 2 aromatic heterocycles. The van der Waals surface area contributed by atoms with Crippen molar-refractivity contribution in [1.29, 1.82) is 0 Å². The summed E-state index contributed by atoms with van der Waals surface area (Å²) in [5, 5.41) is 6.18. The van der Waals surface area contributed by atoms with Crippen molar-refractivity contribution in [3.63, 3.8) is 0 Å². The number of aromatic amines is 1. The highest BCUT2D eigenvalue weighted by molar-refractivity contribution is 6.31. The lowest BCUT2D eigenvalue weighted by atomic mass is 9.91. The first-order chi connectivity index (χ1) is 15.7. The fourth-order valence-corrected chi connectivity index (χ4v) is 4.82. The first-order valence-electron chi connectivity index (χ1n) is 11.1. The molecule has 0 fully saturated rings. The van der Waals surface area contributed by atoms with Gasteiger partial charge in [0.15, 0.2) is 0 Å². The molecule has 0 spiro atoms. The Kier molecular flexibility index (Phi) is 6.14. The molecule has 4 aromatic rings. The van der Waals surface area contributed by atoms with Crippen LogP contribution in [0.4, 0.5) is 0 Å². The van der Waals surface area contributed by atoms with Gasteiger partial charge in [0.1, 0.15) is 31.1 Å². The Morgan fingerprint density at radius 2 is 2.06 bits per heavy atom. The van der Waals surface area contributed by atoms with Crippen LogP contribution in [-0.2, 0) is 17.7 Å². The number of ether oxygens (including phenoxy) is 2. The highest BCUT2D eigenvalue weighted by Gasteiger charge is 2.24. The first-order valence-corrected chi connectivity index (χ1v) is 11.5. The number of nitrogens with one attached hydrogen (secondary N) is 1. The molecular formula is C25H27ClN4O2. The number of halogens is 1. The quantitative estimate of drug-likeness (QED) is 0.385. The second kappa shape index (κ2) is 9.35. The minimum Gasteiger partial charge on any atom is -0.491 e. The van der Waals surface area contributed by atoms with Crippen LogP contribution in [0.15, 0.2) is 55.1 Å². The van der Waals surface area contributed by atoms with Gasteiger partial charge in [-0.1, -0.05) is 30.2 Å². The Morgan fingerprint density at radius 3 is 2.84 bits per heavy atom. The Bertz CT molecular complexity index is 1170. The van der Waals surface area contributed by atoms with Gasteiger partial charge in [-0.25, -0.2) is 4.98 Å². The van der Waals surface area contributed by atoms with Gasteiger partial charge >= 0.3 is 0 Å². The summed E-state index contributed by atoms with van der Waals surface area (Å²) in [5.74, 6) is 1.19. The van der Waals surface area contributed by atoms with Crippen molar-refractivity contribution in [2.45, 2.75) is 44.2 Å². The maximum Gasteiger partial charge on any atom is 0.137 e. The maximum absolute atomic E-state index is 6.29. The molecule has 0 saturated heterocycles. The van der Waals surface area contributed by atoms with Crippen molar-refractivity contribution < 1.29 is 9.47 Å². The Labute approximate surface area is 192 Å². The van der Waals surface area contributed by atoms with E-state index in [0.717, 1.165) is 23.6 Å². The van der Waals surface area contributed by atoms with Crippen molar-refractivity contribution in [1.82, 2.24) is 19.7 Å². The summed E-state index contributed by atoms with van der Waals surface area (Å²) >= 11 is 6.29. The van der Waals surface area contributed by atoms with Crippen molar-refractivity contribution in [2.24, 2.45) is 0 Å². The molecule has 2 heterocycles. The van der Waals surface area contributed by atoms with E-state index < -0.39 is 0 Å². The molecule has 0 saturated carbocycles. The van der Waals surface area contributed by atoms with Gasteiger partial charge in [-0.05, 0) is 60.7 Å². The van der Waals surface area contributed by atoms with Gasteiger partial charge in [0.05, 0.1) is 6.54 Å². The van der Waals surface area contributed by atoms with Gasteiger partial charge < -0.3 is 14.5 Å². The van der Waals surface area contributed by atoms with Crippen molar-refractivity contribution in [3.8, 4) is 5.75 Å². The standard InChI is InChI=1S/C25H27ClN4O2/c1-31-20(13-30-16-27-15-28-30)14-32-19-9-6-17(7-10-19)21-4-2-3-5-22-23-12-18(26)8-11-24(23)29-25(21)22/h6-12,15-16,20-21,29H,2-5,13-14H2,1H3. The molecular weight excluding hydrogens is 424 g/mol. The fraction of sp³-hybridized carbons (Fsp3) is 0.360. The minimum atomic E-state index is -0.0982. The molecule has 1 aliphatic carbocycles. The van der Waals surface area contributed by atoms with E-state index in [1.165, 1.54) is 46.9 Å². The molecule has 7 heteroatoms. The van der Waals surface area contributed by atoms with Crippen LogP contribution in [0, 0.1) is 0 Å². The average Bonchev–Trinajstić information content (AvgIpc) is 3.39. The molecule has 2 unspecified atom stereocenters. The summed E-state index contributed by atoms with van der Waals surface area (Å²) in [7, 11) is 1.69. The van der Waals surface area contributed by atoms with E-state index in [0.29, 0.717) is 19.1 Å². The lowest BCUT2D eigenvalue weighted by molar-refractivity contribution is 0.0433. The zero-order valence-corrected chi connectivity index (χ0v) is 18.9. The van der Waals surface area contributed by atoms with Crippen molar-refractivity contribution in [3.05, 3.63) is 77.0 Å². The van der Waals surface area contributed by atoms with Gasteiger partial charge in [0.25, 0.3) is 0 Å². The highest BCUT2D eigenvalue weighted by atomic mass is 35.5. The van der Waals surface area contributed by atoms with E-state index in [1.807, 2.05) is 6.07 Å². The van der Waals surface area contributed by atoms with E-state index in [2.05, 4.69) is 51.5 Å². The summed E-state index contributed by atoms with van der Waals surface area (Å²) in [6.07, 6.45) is 7.75. The zero-order chi connectivity index (χ0) is 21.9. The Hall–Kier alpha value is -2.83. The smallest absolute Gasteiger partial charge is 0.137 e. The number of nitrogens with zero attached hydrogens (tertiary/aromatic N) is 3. The third-order valence-corrected chi connectivity index (χ3v) is 6.56. The van der Waals surface area contributed by atoms with Crippen LogP contribution in [0.5, 0.6) is 5.75 Å². The fourth-order valence-electron chi connectivity index (χ4n) is 4.65. The molecule has 6 nitrogen and oxygen atoms in total. The molecule has 0 radical (unpaired) electrons. The lowest BCUT2D eigenvalue weighted by Gasteiger charge is -2.18. The Balaban J connectivity index is 1.32. The summed E-state index contributed by atoms with van der Waals surface area (Å²) in [6.45, 7) is 1.05. The number of fused-ring (bicyclic) bond motifs is 3. The monoisotopic (exact) mass is 450 g/mol. The third kappa shape index (κ3) is 4.38. The van der Waals surface area contributed by atoms with E-state index in [4.69, 9.17) is 21.1 Å². The number of benzene rings is 2. The van der Waals surface area contributed by atoms with E-state index >= 15 is 0 Å². The highest BCUT2D eigenvalue weighted by Crippen LogP contribution is 2.39. The van der Waals surface area contributed by atoms with Gasteiger partial charge in [0.2, 0.25) is 0 Å². The largest absolute Gasteiger partial charge is 0.491 e. The average molecular weight is 451 g/mol. The zero-order valence-electron chi connectivity index (χ0n) is 18.1. The number of H-pyrrole nitrogens is 1. The summed E-state index contributed by atoms with van der Waals surface area (Å²) < 4.78 is 13.3. The molecule has 5 rings (SSSR count). The number of methoxy groups -OCH3 is 1. The van der Waals surface area contributed by atoms with Gasteiger partial charge in [-0.15, -0.1) is 0 Å². The predicted octanol–water partition coefficient (Wildman–Crippen LogP) is 5.37. The number of hydrogen-bond donors (Lipinski definition) is 1. The molecule has 0 aliphatic heterocycles. The van der Waals surface area contributed by atoms with Crippen LogP contribution in [-0.4, -0.2) is 39.6 Å². The molecule has 32 heavy (non-hydrogen) atoms. The number of aromatic nitrogens is 4. The maximum atomic E-state index is 6.29. The molecule has 1 N–H and O–H groups in total. The van der Waals surface area contributed by atoms with Crippen LogP contribution in [0.1, 0.15) is 42.0 Å². The first kappa shape index (κ1) is 21.0. The van der Waals surface area contributed by atoms with Gasteiger partial charge in [-0.2, -0.15) is 5.10 Å². The van der Waals surface area contributed by atoms with E-state index in [1.54, 1.807) is 18.1 Å². The summed E-state index contributed by atoms with van der Waals surface area (Å²) in [6, 6.07) is 14.6. The van der Waals surface area contributed by atoms with Crippen LogP contribution < -0.4 is 4.74 Å². The number of hydrogen-bond acceptors (Lipinski definition) is 4. The van der Waals surface area contributed by atoms with Crippen molar-refractivity contribution in [2.75, 3.05) is 13.7 Å². The summed E-state index contributed by atoms with van der Waals surface area (Å²) in [4.78, 5) is 7.66. The summed E-state index contributed by atoms with van der Waals surface area (Å²) in [5.41, 5.74) is 5.23. The molecule has 0 bridgehead atoms. The molecule has 166 valence electrons. The van der Waals surface area contributed by atoms with Crippen LogP contribution in [0.2, 0.25) is 5.02 Å². The number of rotatable bonds is 7. The molecule has 2 aromatic carbocycles. The SMILES string of the molecule is COC(COc1ccc(C2CCCCc3c2[nH]c2ccc(Cl)cc32)cc1)Cn1cncn1. The van der Waals surface area contributed by atoms with Crippen LogP contribution in [0.25, 0.3) is 10.9 Å². The molecule has 0 amide bonds. The van der Waals surface area contributed by atoms with Gasteiger partial charge in [-0.3, -0.25) is 4.68 Å². The minimum absolute atomic E-state index is 0.0982. The third-order valence-electron chi connectivity index (χ3n) is 6.33. The second-order valence-electron chi connectivity index (χ2n) is 8.36. The lowest BCUT2D eigenvalue weighted by Crippen LogP contribution is -2.26. The van der Waals surface area contributed by atoms with Gasteiger partial charge in [0, 0.05) is 34.6 Å². The second-order valence-corrected chi connectivity index (χ2v) is 8.80. The van der Waals surface area contributed by atoms with E-state index in [9.17, 15) is 0 Å². The predicted molar refractivity (Wildman–Crippen MR) is 125 cm³/mol. The van der Waals surface area contributed by atoms with E-state index in [-0.39, 0.29) is 6.10 Å². The molecule has 2 atom stereocenters. The van der Waals surface area contributed by atoms with Crippen LogP contribution >= 0.6 is 11.6 Å². The topological polar surface area (TPSA) is 65.0 Å². The van der Waals surface area contributed by atoms with Crippen molar-refractivity contribution >= 4 is 22.5 Å². The van der Waals surface area contributed by atoms with Crippen LogP contribution in [0.3, 0.4) is 0 Å². The number of aryl methyl sites for hydroxylation is 1. The Morgan fingerprint density at radius 1 is 1.19 bits per heavy atom. The molecule has 1 aliphatic rings.